The van der Waals surface area contributed by atoms with Crippen molar-refractivity contribution < 1.29 is 36.2 Å². The molecule has 2 saturated carbocycles. The molecule has 1 aromatic heterocycles. The van der Waals surface area contributed by atoms with E-state index in [0.717, 1.165) is 12.1 Å². The number of rotatable bonds is 5. The minimum Gasteiger partial charge on any atom is -0.465 e. The summed E-state index contributed by atoms with van der Waals surface area (Å²) in [5.74, 6) is 0. The number of amides is 1. The van der Waals surface area contributed by atoms with E-state index in [1.807, 2.05) is 6.07 Å². The highest BCUT2D eigenvalue weighted by atomic mass is 35.5. The van der Waals surface area contributed by atoms with Crippen LogP contribution in [0.1, 0.15) is 37.7 Å². The second-order valence-corrected chi connectivity index (χ2v) is 11.2. The minimum absolute atomic E-state index is 0.191. The first kappa shape index (κ1) is 27.7. The molecule has 0 radical (unpaired) electrons. The molecule has 0 aliphatic heterocycles. The van der Waals surface area contributed by atoms with Gasteiger partial charge in [-0.2, -0.15) is 18.4 Å². The first-order valence-electron chi connectivity index (χ1n) is 10.8. The van der Waals surface area contributed by atoms with Crippen LogP contribution in [-0.4, -0.2) is 48.6 Å². The van der Waals surface area contributed by atoms with Gasteiger partial charge >= 0.3 is 12.3 Å². The van der Waals surface area contributed by atoms with Crippen LogP contribution in [0.5, 0.6) is 0 Å². The third-order valence-corrected chi connectivity index (χ3v) is 8.53. The van der Waals surface area contributed by atoms with Crippen molar-refractivity contribution in [2.75, 3.05) is 7.11 Å². The van der Waals surface area contributed by atoms with Crippen LogP contribution in [0, 0.1) is 11.3 Å². The van der Waals surface area contributed by atoms with Crippen LogP contribution in [0.3, 0.4) is 0 Å². The molecule has 0 unspecified atom stereocenters. The molecule has 2 aliphatic carbocycles. The number of aromatic nitrogens is 1. The molecule has 8 nitrogen and oxygen atoms in total. The molecule has 0 saturated heterocycles. The number of halogens is 4. The first-order valence-corrected chi connectivity index (χ1v) is 12.7. The number of hydrogen-bond acceptors (Lipinski definition) is 6. The average Bonchev–Trinajstić information content (AvgIpc) is 3.40. The lowest BCUT2D eigenvalue weighted by atomic mass is 10.0. The topological polar surface area (TPSA) is 129 Å². The Morgan fingerprint density at radius 3 is 2.42 bits per heavy atom. The molecule has 194 valence electrons. The van der Waals surface area contributed by atoms with E-state index in [9.17, 15) is 26.4 Å². The Balaban J connectivity index is 0.000000338. The van der Waals surface area contributed by atoms with Gasteiger partial charge in [0.25, 0.3) is 0 Å². The number of pyridine rings is 1. The summed E-state index contributed by atoms with van der Waals surface area (Å²) >= 11 is 5.85. The van der Waals surface area contributed by atoms with Crippen LogP contribution in [0.2, 0.25) is 5.02 Å². The zero-order valence-corrected chi connectivity index (χ0v) is 20.6. The molecule has 1 aromatic carbocycles. The standard InChI is InChI=1S/C18H17ClF3NO3S.C5H6N2O2/c1-26-14-3-4-15(8-14)27(24,25)17-5-2-11(7-16(17)18(20,21)22)12-6-13(19)10-23-9-12;6-3-5(1-2-5)7-4(8)9/h2,5-7,9-10,14-15H,3-4,8H2,1H3;7H,1-2H2,(H,8,9)/t14-,15-;/m0./s1. The summed E-state index contributed by atoms with van der Waals surface area (Å²) in [6, 6.07) is 6.57. The summed E-state index contributed by atoms with van der Waals surface area (Å²) in [6.45, 7) is 0. The quantitative estimate of drug-likeness (QED) is 0.536. The van der Waals surface area contributed by atoms with Gasteiger partial charge in [0.15, 0.2) is 9.84 Å². The van der Waals surface area contributed by atoms with E-state index in [1.165, 1.54) is 31.6 Å². The Morgan fingerprint density at radius 1 is 1.25 bits per heavy atom. The van der Waals surface area contributed by atoms with Crippen molar-refractivity contribution in [1.29, 1.82) is 5.26 Å². The number of alkyl halides is 3. The average molecular weight is 546 g/mol. The first-order chi connectivity index (χ1) is 16.8. The van der Waals surface area contributed by atoms with Gasteiger partial charge in [-0.15, -0.1) is 0 Å². The van der Waals surface area contributed by atoms with Gasteiger partial charge in [0.05, 0.1) is 32.9 Å². The van der Waals surface area contributed by atoms with Crippen LogP contribution in [0.15, 0.2) is 41.6 Å². The molecule has 13 heteroatoms. The lowest BCUT2D eigenvalue weighted by Gasteiger charge is -2.18. The second kappa shape index (κ2) is 10.6. The number of nitrogens with zero attached hydrogens (tertiary/aromatic N) is 2. The minimum atomic E-state index is -4.82. The Kier molecular flexibility index (Phi) is 8.17. The summed E-state index contributed by atoms with van der Waals surface area (Å²) in [5, 5.41) is 18.0. The molecule has 2 atom stereocenters. The third kappa shape index (κ3) is 6.46. The maximum atomic E-state index is 13.7. The molecule has 2 fully saturated rings. The Hall–Kier alpha value is -2.88. The lowest BCUT2D eigenvalue weighted by molar-refractivity contribution is -0.139. The van der Waals surface area contributed by atoms with Crippen molar-refractivity contribution in [3.8, 4) is 17.2 Å². The van der Waals surface area contributed by atoms with Crippen molar-refractivity contribution in [3.05, 3.63) is 47.2 Å². The normalized spacial score (nSPS) is 20.6. The highest BCUT2D eigenvalue weighted by Crippen LogP contribution is 2.40. The molecular formula is C23H23ClF3N3O5S. The highest BCUT2D eigenvalue weighted by Gasteiger charge is 2.45. The van der Waals surface area contributed by atoms with E-state index in [-0.39, 0.29) is 29.5 Å². The van der Waals surface area contributed by atoms with Gasteiger partial charge in [-0.3, -0.25) is 4.98 Å². The van der Waals surface area contributed by atoms with Crippen molar-refractivity contribution >= 4 is 27.5 Å². The molecule has 36 heavy (non-hydrogen) atoms. The van der Waals surface area contributed by atoms with Crippen molar-refractivity contribution in [3.63, 3.8) is 0 Å². The van der Waals surface area contributed by atoms with Crippen molar-refractivity contribution in [2.45, 2.75) is 60.1 Å². The molecule has 0 bridgehead atoms. The van der Waals surface area contributed by atoms with Gasteiger partial charge in [0, 0.05) is 25.1 Å². The zero-order valence-electron chi connectivity index (χ0n) is 19.0. The molecule has 4 rings (SSSR count). The third-order valence-electron chi connectivity index (χ3n) is 6.05. The molecule has 2 aromatic rings. The fourth-order valence-corrected chi connectivity index (χ4v) is 6.11. The Labute approximate surface area is 211 Å². The van der Waals surface area contributed by atoms with Crippen molar-refractivity contribution in [1.82, 2.24) is 10.3 Å². The summed E-state index contributed by atoms with van der Waals surface area (Å²) in [6.07, 6.45) is -1.18. The van der Waals surface area contributed by atoms with Gasteiger partial charge in [0.1, 0.15) is 5.54 Å². The number of carbonyl (C=O) groups is 1. The Bertz CT molecular complexity index is 1280. The second-order valence-electron chi connectivity index (χ2n) is 8.56. The SMILES string of the molecule is CO[C@H]1CC[C@H](S(=O)(=O)c2ccc(-c3cncc(Cl)c3)cc2C(F)(F)F)C1.N#CC1(NC(=O)O)CC1. The van der Waals surface area contributed by atoms with E-state index in [1.54, 1.807) is 0 Å². The predicted octanol–water partition coefficient (Wildman–Crippen LogP) is 5.07. The van der Waals surface area contributed by atoms with Gasteiger partial charge in [-0.1, -0.05) is 17.7 Å². The largest absolute Gasteiger partial charge is 0.465 e. The molecule has 0 spiro atoms. The molecular weight excluding hydrogens is 523 g/mol. The van der Waals surface area contributed by atoms with Crippen LogP contribution in [0.25, 0.3) is 11.1 Å². The van der Waals surface area contributed by atoms with E-state index in [4.69, 9.17) is 26.7 Å². The maximum absolute atomic E-state index is 13.7. The monoisotopic (exact) mass is 545 g/mol. The number of nitrogens with one attached hydrogen (secondary N) is 1. The summed E-state index contributed by atoms with van der Waals surface area (Å²) < 4.78 is 71.9. The van der Waals surface area contributed by atoms with Crippen LogP contribution >= 0.6 is 11.6 Å². The Morgan fingerprint density at radius 2 is 1.94 bits per heavy atom. The number of benzene rings is 1. The fourth-order valence-electron chi connectivity index (χ4n) is 3.92. The molecule has 1 amide bonds. The molecule has 2 N–H and O–H groups in total. The highest BCUT2D eigenvalue weighted by molar-refractivity contribution is 7.92. The van der Waals surface area contributed by atoms with Crippen molar-refractivity contribution in [2.24, 2.45) is 0 Å². The fraction of sp³-hybridized carbons (Fsp3) is 0.435. The number of hydrogen-bond donors (Lipinski definition) is 2. The summed E-state index contributed by atoms with van der Waals surface area (Å²) in [4.78, 5) is 13.1. The van der Waals surface area contributed by atoms with Crippen LogP contribution in [-0.2, 0) is 20.8 Å². The van der Waals surface area contributed by atoms with E-state index in [2.05, 4.69) is 10.3 Å². The maximum Gasteiger partial charge on any atom is 0.417 e. The van der Waals surface area contributed by atoms with Gasteiger partial charge in [-0.05, 0) is 55.9 Å². The zero-order chi connectivity index (χ0) is 26.7. The van der Waals surface area contributed by atoms with Gasteiger partial charge < -0.3 is 15.2 Å². The number of ether oxygens (including phenoxy) is 1. The van der Waals surface area contributed by atoms with E-state index >= 15 is 0 Å². The van der Waals surface area contributed by atoms with Crippen LogP contribution in [0.4, 0.5) is 18.0 Å². The molecule has 1 heterocycles. The lowest BCUT2D eigenvalue weighted by Crippen LogP contribution is -2.33. The predicted molar refractivity (Wildman–Crippen MR) is 124 cm³/mol. The number of methoxy groups -OCH3 is 1. The number of nitriles is 1. The smallest absolute Gasteiger partial charge is 0.417 e. The number of carboxylic acid groups (broad SMARTS) is 1. The van der Waals surface area contributed by atoms with E-state index < -0.39 is 43.4 Å². The summed E-state index contributed by atoms with van der Waals surface area (Å²) in [7, 11) is -2.68. The number of sulfone groups is 1. The van der Waals surface area contributed by atoms with E-state index in [0.29, 0.717) is 24.8 Å². The van der Waals surface area contributed by atoms with Gasteiger partial charge in [0.2, 0.25) is 0 Å². The van der Waals surface area contributed by atoms with Crippen LogP contribution < -0.4 is 5.32 Å². The van der Waals surface area contributed by atoms with Gasteiger partial charge in [-0.25, -0.2) is 13.2 Å². The molecule has 2 aliphatic rings. The summed E-state index contributed by atoms with van der Waals surface area (Å²) in [5.41, 5.74) is -1.35.